The Kier molecular flexibility index (Phi) is 1.98. The Morgan fingerprint density at radius 1 is 1.16 bits per heavy atom. The molecule has 5 rings (SSSR count). The van der Waals surface area contributed by atoms with Crippen molar-refractivity contribution in [3.8, 4) is 5.88 Å². The van der Waals surface area contributed by atoms with Gasteiger partial charge in [0.15, 0.2) is 0 Å². The van der Waals surface area contributed by atoms with E-state index in [9.17, 15) is 5.11 Å². The first-order valence-corrected chi connectivity index (χ1v) is 7.55. The topological polar surface area (TPSA) is 38.0 Å². The summed E-state index contributed by atoms with van der Waals surface area (Å²) in [6, 6.07) is 0. The standard InChI is InChI=1S/C16H24N2O/c1-14-4-11-5-15(2,8-14)10-16(6-11,9-14)13-17-12(19)7-18(13)3/h7,11,19H,4-6,8-10H2,1-3H3. The largest absolute Gasteiger partial charge is 0.492 e. The third-order valence-electron chi connectivity index (χ3n) is 5.96. The molecule has 0 saturated heterocycles. The van der Waals surface area contributed by atoms with Gasteiger partial charge in [0, 0.05) is 12.5 Å². The van der Waals surface area contributed by atoms with E-state index in [0.717, 1.165) is 11.7 Å². The Bertz CT molecular complexity index is 529. The van der Waals surface area contributed by atoms with Crippen LogP contribution < -0.4 is 0 Å². The molecule has 0 amide bonds. The van der Waals surface area contributed by atoms with Gasteiger partial charge >= 0.3 is 0 Å². The van der Waals surface area contributed by atoms with Crippen LogP contribution in [0.3, 0.4) is 0 Å². The number of hydrogen-bond donors (Lipinski definition) is 1. The molecule has 4 fully saturated rings. The molecule has 104 valence electrons. The lowest BCUT2D eigenvalue weighted by Gasteiger charge is -2.65. The molecule has 0 radical (unpaired) electrons. The van der Waals surface area contributed by atoms with Crippen molar-refractivity contribution < 1.29 is 5.11 Å². The predicted molar refractivity (Wildman–Crippen MR) is 74.0 cm³/mol. The van der Waals surface area contributed by atoms with Crippen LogP contribution in [-0.2, 0) is 12.5 Å². The molecule has 3 nitrogen and oxygen atoms in total. The zero-order chi connectivity index (χ0) is 13.5. The highest BCUT2D eigenvalue weighted by molar-refractivity contribution is 5.25. The van der Waals surface area contributed by atoms with Gasteiger partial charge in [-0.05, 0) is 55.3 Å². The van der Waals surface area contributed by atoms with Crippen molar-refractivity contribution in [1.82, 2.24) is 9.55 Å². The first-order valence-electron chi connectivity index (χ1n) is 7.55. The number of aromatic nitrogens is 2. The smallest absolute Gasteiger partial charge is 0.229 e. The summed E-state index contributed by atoms with van der Waals surface area (Å²) < 4.78 is 2.06. The molecule has 1 N–H and O–H groups in total. The quantitative estimate of drug-likeness (QED) is 0.840. The van der Waals surface area contributed by atoms with Crippen molar-refractivity contribution in [1.29, 1.82) is 0 Å². The summed E-state index contributed by atoms with van der Waals surface area (Å²) in [7, 11) is 2.03. The number of hydrogen-bond acceptors (Lipinski definition) is 2. The lowest BCUT2D eigenvalue weighted by molar-refractivity contribution is -0.113. The zero-order valence-corrected chi connectivity index (χ0v) is 12.2. The molecule has 0 aliphatic heterocycles. The van der Waals surface area contributed by atoms with E-state index in [2.05, 4.69) is 23.4 Å². The second-order valence-electron chi connectivity index (χ2n) is 8.44. The van der Waals surface area contributed by atoms with Crippen LogP contribution in [0, 0.1) is 16.7 Å². The van der Waals surface area contributed by atoms with Gasteiger partial charge in [-0.3, -0.25) is 0 Å². The van der Waals surface area contributed by atoms with Crippen LogP contribution in [-0.4, -0.2) is 14.7 Å². The predicted octanol–water partition coefficient (Wildman–Crippen LogP) is 3.37. The second-order valence-corrected chi connectivity index (χ2v) is 8.44. The lowest BCUT2D eigenvalue weighted by atomic mass is 9.40. The van der Waals surface area contributed by atoms with Crippen LogP contribution in [0.15, 0.2) is 6.20 Å². The number of aryl methyl sites for hydroxylation is 1. The minimum absolute atomic E-state index is 0.184. The van der Waals surface area contributed by atoms with Gasteiger partial charge < -0.3 is 9.67 Å². The molecule has 1 aromatic heterocycles. The summed E-state index contributed by atoms with van der Waals surface area (Å²) in [6.07, 6.45) is 9.75. The van der Waals surface area contributed by atoms with Gasteiger partial charge in [-0.15, -0.1) is 0 Å². The van der Waals surface area contributed by atoms with Crippen molar-refractivity contribution in [3.63, 3.8) is 0 Å². The molecule has 4 aliphatic rings. The maximum Gasteiger partial charge on any atom is 0.229 e. The molecule has 1 heterocycles. The van der Waals surface area contributed by atoms with Crippen LogP contribution in [0.25, 0.3) is 0 Å². The highest BCUT2D eigenvalue weighted by atomic mass is 16.3. The van der Waals surface area contributed by atoms with Crippen LogP contribution >= 0.6 is 0 Å². The minimum atomic E-state index is 0.184. The maximum atomic E-state index is 9.73. The fourth-order valence-electron chi connectivity index (χ4n) is 6.64. The van der Waals surface area contributed by atoms with E-state index < -0.39 is 0 Å². The van der Waals surface area contributed by atoms with Gasteiger partial charge in [0.05, 0.1) is 6.20 Å². The molecular weight excluding hydrogens is 236 g/mol. The van der Waals surface area contributed by atoms with E-state index in [1.807, 2.05) is 7.05 Å². The average molecular weight is 260 g/mol. The third-order valence-corrected chi connectivity index (χ3v) is 5.96. The zero-order valence-electron chi connectivity index (χ0n) is 12.2. The van der Waals surface area contributed by atoms with Crippen molar-refractivity contribution in [2.45, 2.75) is 57.8 Å². The fourth-order valence-corrected chi connectivity index (χ4v) is 6.64. The van der Waals surface area contributed by atoms with Crippen LogP contribution in [0.2, 0.25) is 0 Å². The summed E-state index contributed by atoms with van der Waals surface area (Å²) in [5.74, 6) is 2.18. The van der Waals surface area contributed by atoms with E-state index >= 15 is 0 Å². The van der Waals surface area contributed by atoms with Gasteiger partial charge in [0.2, 0.25) is 5.88 Å². The molecule has 0 spiro atoms. The van der Waals surface area contributed by atoms with E-state index in [0.29, 0.717) is 10.8 Å². The van der Waals surface area contributed by atoms with Crippen molar-refractivity contribution >= 4 is 0 Å². The Morgan fingerprint density at radius 2 is 1.79 bits per heavy atom. The van der Waals surface area contributed by atoms with E-state index in [1.165, 1.54) is 38.5 Å². The van der Waals surface area contributed by atoms with Crippen molar-refractivity contribution in [3.05, 3.63) is 12.0 Å². The number of imidazole rings is 1. The summed E-state index contributed by atoms with van der Waals surface area (Å²) >= 11 is 0. The lowest BCUT2D eigenvalue weighted by Crippen LogP contribution is -2.57. The Labute approximate surface area is 115 Å². The van der Waals surface area contributed by atoms with Crippen molar-refractivity contribution in [2.24, 2.45) is 23.8 Å². The molecule has 1 aromatic rings. The third kappa shape index (κ3) is 1.53. The Hall–Kier alpha value is -0.990. The highest BCUT2D eigenvalue weighted by Crippen LogP contribution is 2.69. The summed E-state index contributed by atoms with van der Waals surface area (Å²) in [4.78, 5) is 4.48. The minimum Gasteiger partial charge on any atom is -0.492 e. The molecule has 4 bridgehead atoms. The number of aromatic hydroxyl groups is 1. The summed E-state index contributed by atoms with van der Waals surface area (Å²) in [6.45, 7) is 4.96. The normalized spacial score (nSPS) is 47.8. The van der Waals surface area contributed by atoms with E-state index in [4.69, 9.17) is 0 Å². The van der Waals surface area contributed by atoms with Gasteiger partial charge in [-0.25, -0.2) is 0 Å². The molecule has 19 heavy (non-hydrogen) atoms. The molecule has 2 atom stereocenters. The van der Waals surface area contributed by atoms with Gasteiger partial charge in [0.1, 0.15) is 5.82 Å². The van der Waals surface area contributed by atoms with Gasteiger partial charge in [0.25, 0.3) is 0 Å². The SMILES string of the molecule is Cn1cc(O)nc1C12CC3CC(C)(CC(C)(C3)C1)C2. The Balaban J connectivity index is 1.85. The number of nitrogens with zero attached hydrogens (tertiary/aromatic N) is 2. The van der Waals surface area contributed by atoms with Crippen LogP contribution in [0.5, 0.6) is 5.88 Å². The van der Waals surface area contributed by atoms with Crippen LogP contribution in [0.1, 0.15) is 58.2 Å². The van der Waals surface area contributed by atoms with Gasteiger partial charge in [-0.1, -0.05) is 13.8 Å². The first-order chi connectivity index (χ1) is 8.82. The monoisotopic (exact) mass is 260 g/mol. The molecule has 4 aliphatic carbocycles. The number of rotatable bonds is 1. The maximum absolute atomic E-state index is 9.73. The molecule has 4 saturated carbocycles. The molecular formula is C16H24N2O. The van der Waals surface area contributed by atoms with Crippen molar-refractivity contribution in [2.75, 3.05) is 0 Å². The van der Waals surface area contributed by atoms with E-state index in [-0.39, 0.29) is 11.3 Å². The summed E-state index contributed by atoms with van der Waals surface area (Å²) in [5.41, 5.74) is 1.21. The summed E-state index contributed by atoms with van der Waals surface area (Å²) in [5, 5.41) is 9.73. The Morgan fingerprint density at radius 3 is 2.26 bits per heavy atom. The fraction of sp³-hybridized carbons (Fsp3) is 0.812. The van der Waals surface area contributed by atoms with Crippen LogP contribution in [0.4, 0.5) is 0 Å². The average Bonchev–Trinajstić information content (AvgIpc) is 2.52. The highest BCUT2D eigenvalue weighted by Gasteiger charge is 2.61. The molecule has 0 aromatic carbocycles. The van der Waals surface area contributed by atoms with Gasteiger partial charge in [-0.2, -0.15) is 4.98 Å². The second kappa shape index (κ2) is 3.18. The molecule has 3 heteroatoms. The van der Waals surface area contributed by atoms with E-state index in [1.54, 1.807) is 6.20 Å². The first kappa shape index (κ1) is 11.8. The molecule has 2 unspecified atom stereocenters.